The van der Waals surface area contributed by atoms with Gasteiger partial charge in [0.25, 0.3) is 0 Å². The Bertz CT molecular complexity index is 348. The molecule has 2 saturated heterocycles. The van der Waals surface area contributed by atoms with E-state index in [9.17, 15) is 0 Å². The van der Waals surface area contributed by atoms with Crippen LogP contribution in [0.15, 0.2) is 29.2 Å². The Balaban J connectivity index is 1.64. The molecule has 0 amide bonds. The summed E-state index contributed by atoms with van der Waals surface area (Å²) in [5.74, 6) is 0. The topological polar surface area (TPSA) is 12.0 Å². The highest BCUT2D eigenvalue weighted by Crippen LogP contribution is 2.36. The van der Waals surface area contributed by atoms with E-state index in [4.69, 9.17) is 0 Å². The lowest BCUT2D eigenvalue weighted by Gasteiger charge is -2.28. The van der Waals surface area contributed by atoms with Gasteiger partial charge in [0.05, 0.1) is 0 Å². The largest absolute Gasteiger partial charge is 0.311 e. The number of hydrogen-bond donors (Lipinski definition) is 1. The van der Waals surface area contributed by atoms with Crippen LogP contribution >= 0.6 is 11.8 Å². The Morgan fingerprint density at radius 3 is 2.31 bits per heavy atom. The zero-order chi connectivity index (χ0) is 11.0. The van der Waals surface area contributed by atoms with Crippen LogP contribution in [0.2, 0.25) is 0 Å². The van der Waals surface area contributed by atoms with E-state index in [1.165, 1.54) is 36.1 Å². The van der Waals surface area contributed by atoms with Crippen molar-refractivity contribution in [2.75, 3.05) is 0 Å². The number of piperidine rings is 1. The zero-order valence-electron chi connectivity index (χ0n) is 9.78. The first-order valence-electron chi connectivity index (χ1n) is 6.29. The van der Waals surface area contributed by atoms with Gasteiger partial charge in [0.15, 0.2) is 0 Å². The van der Waals surface area contributed by atoms with Gasteiger partial charge in [0, 0.05) is 22.2 Å². The maximum atomic E-state index is 3.70. The van der Waals surface area contributed by atoms with E-state index in [0.29, 0.717) is 0 Å². The smallest absolute Gasteiger partial charge is 0.0124 e. The van der Waals surface area contributed by atoms with Crippen molar-refractivity contribution in [3.05, 3.63) is 29.8 Å². The van der Waals surface area contributed by atoms with Crippen molar-refractivity contribution in [3.8, 4) is 0 Å². The van der Waals surface area contributed by atoms with E-state index in [2.05, 4.69) is 48.3 Å². The highest BCUT2D eigenvalue weighted by Gasteiger charge is 2.33. The molecule has 2 heterocycles. The standard InChI is InChI=1S/C14H19NS/c1-10-2-6-13(7-3-10)16-14-8-11-4-5-12(9-14)15-11/h2-3,6-7,11-12,14-15H,4-5,8-9H2,1H3/t11-,12-/m0/s1. The van der Waals surface area contributed by atoms with Crippen LogP contribution in [0.1, 0.15) is 31.2 Å². The molecule has 1 aromatic rings. The summed E-state index contributed by atoms with van der Waals surface area (Å²) in [7, 11) is 0. The summed E-state index contributed by atoms with van der Waals surface area (Å²) in [5.41, 5.74) is 1.36. The number of rotatable bonds is 2. The van der Waals surface area contributed by atoms with E-state index in [0.717, 1.165) is 17.3 Å². The molecule has 2 fully saturated rings. The summed E-state index contributed by atoms with van der Waals surface area (Å²) in [6.45, 7) is 2.15. The van der Waals surface area contributed by atoms with Crippen molar-refractivity contribution in [1.82, 2.24) is 5.32 Å². The quantitative estimate of drug-likeness (QED) is 0.840. The van der Waals surface area contributed by atoms with Crippen molar-refractivity contribution in [3.63, 3.8) is 0 Å². The number of benzene rings is 1. The third kappa shape index (κ3) is 2.28. The van der Waals surface area contributed by atoms with Gasteiger partial charge < -0.3 is 5.32 Å². The van der Waals surface area contributed by atoms with E-state index in [1.54, 1.807) is 0 Å². The molecule has 2 heteroatoms. The molecule has 2 aliphatic rings. The van der Waals surface area contributed by atoms with E-state index < -0.39 is 0 Å². The fourth-order valence-electron chi connectivity index (χ4n) is 2.91. The third-order valence-corrected chi connectivity index (χ3v) is 5.02. The molecule has 3 rings (SSSR count). The average molecular weight is 233 g/mol. The van der Waals surface area contributed by atoms with Crippen LogP contribution in [0.5, 0.6) is 0 Å². The molecule has 0 radical (unpaired) electrons. The highest BCUT2D eigenvalue weighted by molar-refractivity contribution is 8.00. The number of nitrogens with one attached hydrogen (secondary N) is 1. The summed E-state index contributed by atoms with van der Waals surface area (Å²) >= 11 is 2.08. The van der Waals surface area contributed by atoms with Crippen molar-refractivity contribution in [2.45, 2.75) is 54.8 Å². The van der Waals surface area contributed by atoms with Gasteiger partial charge in [-0.05, 0) is 44.7 Å². The van der Waals surface area contributed by atoms with Gasteiger partial charge in [-0.2, -0.15) is 0 Å². The minimum Gasteiger partial charge on any atom is -0.311 e. The zero-order valence-corrected chi connectivity index (χ0v) is 10.6. The Morgan fingerprint density at radius 1 is 1.06 bits per heavy atom. The summed E-state index contributed by atoms with van der Waals surface area (Å²) in [6, 6.07) is 10.6. The predicted octanol–water partition coefficient (Wildman–Crippen LogP) is 3.37. The predicted molar refractivity (Wildman–Crippen MR) is 70.0 cm³/mol. The minimum atomic E-state index is 0.807. The molecule has 2 atom stereocenters. The van der Waals surface area contributed by atoms with E-state index in [1.807, 2.05) is 0 Å². The van der Waals surface area contributed by atoms with Gasteiger partial charge in [-0.1, -0.05) is 17.7 Å². The monoisotopic (exact) mass is 233 g/mol. The fourth-order valence-corrected chi connectivity index (χ4v) is 4.25. The molecule has 16 heavy (non-hydrogen) atoms. The second-order valence-corrected chi connectivity index (χ2v) is 6.54. The van der Waals surface area contributed by atoms with Crippen molar-refractivity contribution < 1.29 is 0 Å². The molecular weight excluding hydrogens is 214 g/mol. The summed E-state index contributed by atoms with van der Waals surface area (Å²) < 4.78 is 0. The van der Waals surface area contributed by atoms with Gasteiger partial charge in [0.1, 0.15) is 0 Å². The number of hydrogen-bond acceptors (Lipinski definition) is 2. The Labute approximate surface area is 102 Å². The van der Waals surface area contributed by atoms with Crippen LogP contribution < -0.4 is 5.32 Å². The number of aryl methyl sites for hydroxylation is 1. The highest BCUT2D eigenvalue weighted by atomic mass is 32.2. The second-order valence-electron chi connectivity index (χ2n) is 5.16. The molecular formula is C14H19NS. The summed E-state index contributed by atoms with van der Waals surface area (Å²) in [6.07, 6.45) is 5.51. The first-order valence-corrected chi connectivity index (χ1v) is 7.17. The molecule has 0 saturated carbocycles. The fraction of sp³-hybridized carbons (Fsp3) is 0.571. The van der Waals surface area contributed by atoms with Gasteiger partial charge >= 0.3 is 0 Å². The Hall–Kier alpha value is -0.470. The summed E-state index contributed by atoms with van der Waals surface area (Å²) in [4.78, 5) is 1.44. The maximum Gasteiger partial charge on any atom is 0.0124 e. The van der Waals surface area contributed by atoms with Crippen molar-refractivity contribution >= 4 is 11.8 Å². The lowest BCUT2D eigenvalue weighted by atomic mass is 10.1. The molecule has 0 aromatic heterocycles. The first kappa shape index (κ1) is 10.7. The third-order valence-electron chi connectivity index (χ3n) is 3.75. The van der Waals surface area contributed by atoms with Gasteiger partial charge in [-0.25, -0.2) is 0 Å². The second kappa shape index (κ2) is 4.42. The minimum absolute atomic E-state index is 0.807. The molecule has 0 spiro atoms. The first-order chi connectivity index (χ1) is 7.79. The molecule has 1 nitrogen and oxygen atoms in total. The van der Waals surface area contributed by atoms with Crippen LogP contribution in [-0.4, -0.2) is 17.3 Å². The lowest BCUT2D eigenvalue weighted by molar-refractivity contribution is 0.415. The molecule has 1 N–H and O–H groups in total. The van der Waals surface area contributed by atoms with Gasteiger partial charge in [-0.15, -0.1) is 11.8 Å². The van der Waals surface area contributed by atoms with E-state index in [-0.39, 0.29) is 0 Å². The van der Waals surface area contributed by atoms with Crippen LogP contribution in [0, 0.1) is 6.92 Å². The van der Waals surface area contributed by atoms with Crippen molar-refractivity contribution in [1.29, 1.82) is 0 Å². The van der Waals surface area contributed by atoms with Gasteiger partial charge in [0.2, 0.25) is 0 Å². The van der Waals surface area contributed by atoms with Crippen LogP contribution in [0.4, 0.5) is 0 Å². The molecule has 2 bridgehead atoms. The Kier molecular flexibility index (Phi) is 2.95. The average Bonchev–Trinajstić information content (AvgIpc) is 2.62. The molecule has 2 aliphatic heterocycles. The SMILES string of the molecule is Cc1ccc(SC2C[C@@H]3CC[C@@H](C2)N3)cc1. The van der Waals surface area contributed by atoms with Crippen LogP contribution in [0.3, 0.4) is 0 Å². The molecule has 0 aliphatic carbocycles. The maximum absolute atomic E-state index is 3.70. The van der Waals surface area contributed by atoms with Crippen molar-refractivity contribution in [2.24, 2.45) is 0 Å². The summed E-state index contributed by atoms with van der Waals surface area (Å²) in [5, 5.41) is 4.54. The molecule has 0 unspecified atom stereocenters. The molecule has 86 valence electrons. The van der Waals surface area contributed by atoms with E-state index >= 15 is 0 Å². The number of fused-ring (bicyclic) bond motifs is 2. The van der Waals surface area contributed by atoms with Crippen LogP contribution in [-0.2, 0) is 0 Å². The van der Waals surface area contributed by atoms with Crippen LogP contribution in [0.25, 0.3) is 0 Å². The molecule has 1 aromatic carbocycles. The lowest BCUT2D eigenvalue weighted by Crippen LogP contribution is -2.39. The van der Waals surface area contributed by atoms with Gasteiger partial charge in [-0.3, -0.25) is 0 Å². The normalized spacial score (nSPS) is 32.9. The number of thioether (sulfide) groups is 1. The Morgan fingerprint density at radius 2 is 1.69 bits per heavy atom.